The minimum atomic E-state index is -0.247. The molecule has 80 valence electrons. The highest BCUT2D eigenvalue weighted by Gasteiger charge is 2.15. The maximum absolute atomic E-state index is 5.63. The highest BCUT2D eigenvalue weighted by molar-refractivity contribution is 5.54. The summed E-state index contributed by atoms with van der Waals surface area (Å²) in [5.74, 6) is 1.75. The van der Waals surface area contributed by atoms with E-state index in [2.05, 4.69) is 10.2 Å². The van der Waals surface area contributed by atoms with E-state index in [-0.39, 0.29) is 6.04 Å². The van der Waals surface area contributed by atoms with Crippen molar-refractivity contribution in [2.75, 3.05) is 0 Å². The van der Waals surface area contributed by atoms with Crippen molar-refractivity contribution in [2.24, 2.45) is 5.73 Å². The molecule has 2 heterocycles. The quantitative estimate of drug-likeness (QED) is 0.831. The summed E-state index contributed by atoms with van der Waals surface area (Å²) in [6.45, 7) is 3.80. The lowest BCUT2D eigenvalue weighted by molar-refractivity contribution is 0.470. The maximum Gasteiger partial charge on any atom is 0.251 e. The molecular weight excluding hydrogens is 194 g/mol. The lowest BCUT2D eigenvalue weighted by atomic mass is 10.2. The van der Waals surface area contributed by atoms with Crippen molar-refractivity contribution in [1.29, 1.82) is 0 Å². The van der Waals surface area contributed by atoms with Gasteiger partial charge in [0, 0.05) is 6.42 Å². The second-order valence-corrected chi connectivity index (χ2v) is 3.35. The first-order valence-corrected chi connectivity index (χ1v) is 4.88. The van der Waals surface area contributed by atoms with Crippen LogP contribution >= 0.6 is 0 Å². The van der Waals surface area contributed by atoms with E-state index in [0.717, 1.165) is 17.7 Å². The Bertz CT molecular complexity index is 445. The highest BCUT2D eigenvalue weighted by atomic mass is 16.4. The van der Waals surface area contributed by atoms with Crippen LogP contribution in [0.15, 0.2) is 21.2 Å². The average molecular weight is 207 g/mol. The monoisotopic (exact) mass is 207 g/mol. The molecule has 5 heteroatoms. The van der Waals surface area contributed by atoms with Crippen LogP contribution in [0.1, 0.15) is 31.5 Å². The molecule has 5 nitrogen and oxygen atoms in total. The van der Waals surface area contributed by atoms with E-state index in [4.69, 9.17) is 14.6 Å². The predicted molar refractivity (Wildman–Crippen MR) is 54.0 cm³/mol. The van der Waals surface area contributed by atoms with E-state index < -0.39 is 0 Å². The third-order valence-electron chi connectivity index (χ3n) is 2.13. The molecule has 0 aliphatic heterocycles. The van der Waals surface area contributed by atoms with Crippen LogP contribution in [-0.4, -0.2) is 10.2 Å². The van der Waals surface area contributed by atoms with E-state index in [9.17, 15) is 0 Å². The Hall–Kier alpha value is -1.62. The summed E-state index contributed by atoms with van der Waals surface area (Å²) in [4.78, 5) is 0. The van der Waals surface area contributed by atoms with Crippen LogP contribution in [0.2, 0.25) is 0 Å². The third kappa shape index (κ3) is 1.78. The molecule has 0 aromatic carbocycles. The third-order valence-corrected chi connectivity index (χ3v) is 2.13. The van der Waals surface area contributed by atoms with Gasteiger partial charge in [-0.3, -0.25) is 0 Å². The SMILES string of the molecule is CCc1occc1-c1nnc(C(C)N)o1. The molecule has 0 aliphatic rings. The zero-order valence-electron chi connectivity index (χ0n) is 8.73. The van der Waals surface area contributed by atoms with Gasteiger partial charge in [-0.25, -0.2) is 0 Å². The Labute approximate surface area is 87.3 Å². The fourth-order valence-electron chi connectivity index (χ4n) is 1.33. The van der Waals surface area contributed by atoms with Crippen molar-refractivity contribution in [1.82, 2.24) is 10.2 Å². The van der Waals surface area contributed by atoms with Crippen LogP contribution in [0.3, 0.4) is 0 Å². The van der Waals surface area contributed by atoms with Gasteiger partial charge in [-0.05, 0) is 13.0 Å². The smallest absolute Gasteiger partial charge is 0.251 e. The molecule has 2 aromatic heterocycles. The minimum Gasteiger partial charge on any atom is -0.469 e. The molecule has 15 heavy (non-hydrogen) atoms. The zero-order chi connectivity index (χ0) is 10.8. The summed E-state index contributed by atoms with van der Waals surface area (Å²) in [5, 5.41) is 7.80. The van der Waals surface area contributed by atoms with E-state index in [1.807, 2.05) is 13.0 Å². The van der Waals surface area contributed by atoms with E-state index in [1.165, 1.54) is 0 Å². The van der Waals surface area contributed by atoms with Crippen molar-refractivity contribution < 1.29 is 8.83 Å². The second-order valence-electron chi connectivity index (χ2n) is 3.35. The predicted octanol–water partition coefficient (Wildman–Crippen LogP) is 1.91. The molecule has 0 fully saturated rings. The van der Waals surface area contributed by atoms with Gasteiger partial charge in [-0.15, -0.1) is 10.2 Å². The molecule has 0 spiro atoms. The van der Waals surface area contributed by atoms with Crippen molar-refractivity contribution in [3.63, 3.8) is 0 Å². The van der Waals surface area contributed by atoms with Gasteiger partial charge in [0.05, 0.1) is 17.9 Å². The number of hydrogen-bond acceptors (Lipinski definition) is 5. The molecule has 0 amide bonds. The van der Waals surface area contributed by atoms with Gasteiger partial charge in [-0.2, -0.15) is 0 Å². The Kier molecular flexibility index (Phi) is 2.55. The number of nitrogens with two attached hydrogens (primary N) is 1. The van der Waals surface area contributed by atoms with Gasteiger partial charge in [0.25, 0.3) is 5.89 Å². The number of aryl methyl sites for hydroxylation is 1. The lowest BCUT2D eigenvalue weighted by Gasteiger charge is -1.95. The molecule has 0 saturated carbocycles. The summed E-state index contributed by atoms with van der Waals surface area (Å²) in [7, 11) is 0. The van der Waals surface area contributed by atoms with Gasteiger partial charge < -0.3 is 14.6 Å². The Balaban J connectivity index is 2.37. The van der Waals surface area contributed by atoms with Crippen molar-refractivity contribution >= 4 is 0 Å². The summed E-state index contributed by atoms with van der Waals surface area (Å²) in [6.07, 6.45) is 2.40. The van der Waals surface area contributed by atoms with Crippen LogP contribution in [0.4, 0.5) is 0 Å². The van der Waals surface area contributed by atoms with E-state index in [0.29, 0.717) is 11.8 Å². The zero-order valence-corrected chi connectivity index (χ0v) is 8.73. The fraction of sp³-hybridized carbons (Fsp3) is 0.400. The maximum atomic E-state index is 5.63. The number of furan rings is 1. The van der Waals surface area contributed by atoms with Gasteiger partial charge in [-0.1, -0.05) is 6.92 Å². The Morgan fingerprint density at radius 3 is 2.87 bits per heavy atom. The number of nitrogens with zero attached hydrogens (tertiary/aromatic N) is 2. The molecular formula is C10H13N3O2. The molecule has 0 bridgehead atoms. The van der Waals surface area contributed by atoms with Crippen molar-refractivity contribution in [3.8, 4) is 11.5 Å². The molecule has 0 aliphatic carbocycles. The van der Waals surface area contributed by atoms with Crippen molar-refractivity contribution in [3.05, 3.63) is 24.0 Å². The van der Waals surface area contributed by atoms with Crippen LogP contribution in [0, 0.1) is 0 Å². The van der Waals surface area contributed by atoms with Crippen LogP contribution < -0.4 is 5.73 Å². The molecule has 2 rings (SSSR count). The summed E-state index contributed by atoms with van der Waals surface area (Å²) >= 11 is 0. The first kappa shape index (κ1) is 9.92. The van der Waals surface area contributed by atoms with Crippen LogP contribution in [-0.2, 0) is 6.42 Å². The summed E-state index contributed by atoms with van der Waals surface area (Å²) < 4.78 is 10.7. The highest BCUT2D eigenvalue weighted by Crippen LogP contribution is 2.24. The number of hydrogen-bond donors (Lipinski definition) is 1. The fourth-order valence-corrected chi connectivity index (χ4v) is 1.33. The summed E-state index contributed by atoms with van der Waals surface area (Å²) in [6, 6.07) is 1.57. The van der Waals surface area contributed by atoms with Gasteiger partial charge in [0.1, 0.15) is 5.76 Å². The Morgan fingerprint density at radius 2 is 2.27 bits per heavy atom. The Morgan fingerprint density at radius 1 is 1.47 bits per heavy atom. The van der Waals surface area contributed by atoms with Crippen molar-refractivity contribution in [2.45, 2.75) is 26.3 Å². The molecule has 2 N–H and O–H groups in total. The normalized spacial score (nSPS) is 13.0. The molecule has 1 unspecified atom stereocenters. The van der Waals surface area contributed by atoms with E-state index in [1.54, 1.807) is 13.2 Å². The second kappa shape index (κ2) is 3.86. The minimum absolute atomic E-state index is 0.247. The lowest BCUT2D eigenvalue weighted by Crippen LogP contribution is -2.04. The topological polar surface area (TPSA) is 78.1 Å². The number of rotatable bonds is 3. The van der Waals surface area contributed by atoms with Crippen LogP contribution in [0.5, 0.6) is 0 Å². The molecule has 1 atom stereocenters. The van der Waals surface area contributed by atoms with Gasteiger partial charge >= 0.3 is 0 Å². The molecule has 2 aromatic rings. The van der Waals surface area contributed by atoms with Gasteiger partial charge in [0.15, 0.2) is 0 Å². The van der Waals surface area contributed by atoms with Crippen LogP contribution in [0.25, 0.3) is 11.5 Å². The molecule has 0 radical (unpaired) electrons. The largest absolute Gasteiger partial charge is 0.469 e. The molecule has 0 saturated heterocycles. The first-order valence-electron chi connectivity index (χ1n) is 4.88. The van der Waals surface area contributed by atoms with Gasteiger partial charge in [0.2, 0.25) is 5.89 Å². The summed E-state index contributed by atoms with van der Waals surface area (Å²) in [5.41, 5.74) is 6.48. The van der Waals surface area contributed by atoms with E-state index >= 15 is 0 Å². The number of aromatic nitrogens is 2. The standard InChI is InChI=1S/C10H13N3O2/c1-3-8-7(4-5-14-8)10-13-12-9(15-10)6(2)11/h4-6H,3,11H2,1-2H3. The average Bonchev–Trinajstić information content (AvgIpc) is 2.85. The first-order chi connectivity index (χ1) is 7.22.